The quantitative estimate of drug-likeness (QED) is 0.467. The molecule has 0 unspecified atom stereocenters. The standard InChI is InChI=1S/C15H20O4/c1-10(7-13(17)18)5-6-15(19)11(2)8-12(16)9-14(15,3)4/h5-8,19H,9H2,1-4H3,(H,17,18)/b6-5+,10-7-/t15-/m0/s1/i1+1,5+1,10+1. The Balaban J connectivity index is 3.15. The number of carboxylic acids is 1. The average Bonchev–Trinajstić information content (AvgIpc) is 2.21. The Morgan fingerprint density at radius 2 is 2.00 bits per heavy atom. The van der Waals surface area contributed by atoms with Crippen molar-refractivity contribution in [3.05, 3.63) is 35.5 Å². The van der Waals surface area contributed by atoms with Gasteiger partial charge in [0.25, 0.3) is 0 Å². The number of hydrogen-bond donors (Lipinski definition) is 2. The van der Waals surface area contributed by atoms with Gasteiger partial charge in [-0.3, -0.25) is 4.79 Å². The largest absolute Gasteiger partial charge is 0.478 e. The first-order valence-corrected chi connectivity index (χ1v) is 6.13. The van der Waals surface area contributed by atoms with E-state index < -0.39 is 17.0 Å². The van der Waals surface area contributed by atoms with Gasteiger partial charge in [0, 0.05) is 17.9 Å². The van der Waals surface area contributed by atoms with E-state index in [0.29, 0.717) is 11.1 Å². The zero-order chi connectivity index (χ0) is 14.8. The second-order valence-corrected chi connectivity index (χ2v) is 5.68. The summed E-state index contributed by atoms with van der Waals surface area (Å²) in [6.07, 6.45) is 5.92. The van der Waals surface area contributed by atoms with E-state index in [-0.39, 0.29) is 12.2 Å². The van der Waals surface area contributed by atoms with Crippen molar-refractivity contribution in [3.63, 3.8) is 0 Å². The van der Waals surface area contributed by atoms with E-state index in [0.717, 1.165) is 6.08 Å². The third kappa shape index (κ3) is 3.20. The Morgan fingerprint density at radius 3 is 2.47 bits per heavy atom. The minimum Gasteiger partial charge on any atom is -0.478 e. The molecule has 0 saturated heterocycles. The summed E-state index contributed by atoms with van der Waals surface area (Å²) >= 11 is 0. The van der Waals surface area contributed by atoms with Crippen LogP contribution in [0, 0.1) is 5.41 Å². The molecule has 1 aliphatic rings. The molecule has 0 aromatic carbocycles. The van der Waals surface area contributed by atoms with Crippen LogP contribution in [-0.2, 0) is 9.59 Å². The molecule has 0 aromatic rings. The summed E-state index contributed by atoms with van der Waals surface area (Å²) in [5, 5.41) is 19.4. The third-order valence-electron chi connectivity index (χ3n) is 3.57. The molecule has 0 amide bonds. The second-order valence-electron chi connectivity index (χ2n) is 5.68. The normalized spacial score (nSPS) is 27.5. The molecule has 0 aromatic heterocycles. The van der Waals surface area contributed by atoms with E-state index in [2.05, 4.69) is 0 Å². The van der Waals surface area contributed by atoms with Crippen molar-refractivity contribution in [1.82, 2.24) is 0 Å². The Labute approximate surface area is 113 Å². The first-order valence-electron chi connectivity index (χ1n) is 6.13. The van der Waals surface area contributed by atoms with Gasteiger partial charge in [-0.1, -0.05) is 19.9 Å². The van der Waals surface area contributed by atoms with E-state index in [1.54, 1.807) is 26.0 Å². The summed E-state index contributed by atoms with van der Waals surface area (Å²) < 4.78 is 0. The van der Waals surface area contributed by atoms with Gasteiger partial charge >= 0.3 is 5.97 Å². The van der Waals surface area contributed by atoms with Gasteiger partial charge in [0.15, 0.2) is 5.78 Å². The summed E-state index contributed by atoms with van der Waals surface area (Å²) in [6.45, 7) is 7.00. The number of aliphatic hydroxyl groups is 1. The Kier molecular flexibility index (Phi) is 4.15. The summed E-state index contributed by atoms with van der Waals surface area (Å²) in [6, 6.07) is 0. The van der Waals surface area contributed by atoms with Crippen LogP contribution in [0.25, 0.3) is 0 Å². The van der Waals surface area contributed by atoms with Crippen molar-refractivity contribution in [2.45, 2.75) is 39.7 Å². The van der Waals surface area contributed by atoms with Crippen LogP contribution < -0.4 is 0 Å². The maximum Gasteiger partial charge on any atom is 0.328 e. The Hall–Kier alpha value is -1.68. The van der Waals surface area contributed by atoms with Crippen molar-refractivity contribution in [1.29, 1.82) is 0 Å². The van der Waals surface area contributed by atoms with Crippen LogP contribution in [0.1, 0.15) is 34.1 Å². The van der Waals surface area contributed by atoms with Crippen LogP contribution in [0.15, 0.2) is 35.5 Å². The van der Waals surface area contributed by atoms with Gasteiger partial charge in [-0.05, 0) is 37.1 Å². The van der Waals surface area contributed by atoms with Gasteiger partial charge in [-0.2, -0.15) is 0 Å². The van der Waals surface area contributed by atoms with Crippen LogP contribution in [0.5, 0.6) is 0 Å². The number of carbonyl (C=O) groups excluding carboxylic acids is 1. The van der Waals surface area contributed by atoms with Crippen LogP contribution in [0.3, 0.4) is 0 Å². The molecule has 4 nitrogen and oxygen atoms in total. The first kappa shape index (κ1) is 15.4. The van der Waals surface area contributed by atoms with Crippen molar-refractivity contribution >= 4 is 11.8 Å². The SMILES string of the molecule is CC1=CC(=O)CC(C)(C)[C@]1(O)/C=[13CH]/[13C]([13CH3])=C\C(=O)O. The van der Waals surface area contributed by atoms with Crippen LogP contribution in [-0.4, -0.2) is 27.6 Å². The maximum atomic E-state index is 11.6. The lowest BCUT2D eigenvalue weighted by atomic mass is 9.65. The van der Waals surface area contributed by atoms with E-state index in [1.807, 2.05) is 13.8 Å². The molecule has 1 rings (SSSR count). The summed E-state index contributed by atoms with van der Waals surface area (Å²) in [5.41, 5.74) is -0.758. The van der Waals surface area contributed by atoms with Gasteiger partial charge < -0.3 is 10.2 Å². The van der Waals surface area contributed by atoms with Gasteiger partial charge in [0.2, 0.25) is 0 Å². The third-order valence-corrected chi connectivity index (χ3v) is 3.57. The molecule has 0 heterocycles. The predicted molar refractivity (Wildman–Crippen MR) is 72.6 cm³/mol. The van der Waals surface area contributed by atoms with Crippen molar-refractivity contribution in [2.24, 2.45) is 5.41 Å². The molecule has 1 aliphatic carbocycles. The fourth-order valence-corrected chi connectivity index (χ4v) is 2.36. The van der Waals surface area contributed by atoms with Crippen molar-refractivity contribution in [2.75, 3.05) is 0 Å². The molecule has 4 heteroatoms. The molecule has 0 spiro atoms. The first-order chi connectivity index (χ1) is 8.58. The number of ketones is 1. The summed E-state index contributed by atoms with van der Waals surface area (Å²) in [4.78, 5) is 22.1. The molecule has 0 saturated carbocycles. The average molecular weight is 267 g/mol. The van der Waals surface area contributed by atoms with Gasteiger partial charge in [-0.15, -0.1) is 0 Å². The highest BCUT2D eigenvalue weighted by molar-refractivity contribution is 5.92. The zero-order valence-electron chi connectivity index (χ0n) is 11.7. The molecule has 0 fully saturated rings. The number of hydrogen-bond acceptors (Lipinski definition) is 3. The van der Waals surface area contributed by atoms with Crippen LogP contribution in [0.4, 0.5) is 0 Å². The lowest BCUT2D eigenvalue weighted by Gasteiger charge is -2.43. The summed E-state index contributed by atoms with van der Waals surface area (Å²) in [7, 11) is 0. The molecule has 104 valence electrons. The number of rotatable bonds is 3. The fourth-order valence-electron chi connectivity index (χ4n) is 2.36. The predicted octanol–water partition coefficient (Wildman–Crippen LogP) is 2.25. The topological polar surface area (TPSA) is 74.6 Å². The molecular weight excluding hydrogens is 247 g/mol. The van der Waals surface area contributed by atoms with Gasteiger partial charge in [0.05, 0.1) is 0 Å². The number of carboxylic acid groups (broad SMARTS) is 1. The number of aliphatic carboxylic acids is 1. The highest BCUT2D eigenvalue weighted by atomic mass is 16.4. The van der Waals surface area contributed by atoms with Crippen molar-refractivity contribution < 1.29 is 19.8 Å². The zero-order valence-corrected chi connectivity index (χ0v) is 11.7. The fraction of sp³-hybridized carbons (Fsp3) is 0.467. The molecule has 0 aliphatic heterocycles. The van der Waals surface area contributed by atoms with Gasteiger partial charge in [-0.25, -0.2) is 4.79 Å². The Morgan fingerprint density at radius 1 is 1.42 bits per heavy atom. The minimum atomic E-state index is -1.24. The van der Waals surface area contributed by atoms with E-state index in [9.17, 15) is 14.7 Å². The lowest BCUT2D eigenvalue weighted by molar-refractivity contribution is -0.131. The summed E-state index contributed by atoms with van der Waals surface area (Å²) in [5.74, 6) is -1.03. The van der Waals surface area contributed by atoms with Gasteiger partial charge in [0.1, 0.15) is 5.60 Å². The molecular formula is C15H20O4. The second kappa shape index (κ2) is 5.13. The molecule has 2 N–H and O–H groups in total. The lowest BCUT2D eigenvalue weighted by Crippen LogP contribution is -2.48. The van der Waals surface area contributed by atoms with Crippen LogP contribution in [0.2, 0.25) is 0 Å². The van der Waals surface area contributed by atoms with E-state index in [4.69, 9.17) is 5.11 Å². The van der Waals surface area contributed by atoms with E-state index in [1.165, 1.54) is 6.08 Å². The van der Waals surface area contributed by atoms with Crippen LogP contribution >= 0.6 is 0 Å². The van der Waals surface area contributed by atoms with Crippen molar-refractivity contribution in [3.8, 4) is 0 Å². The molecule has 19 heavy (non-hydrogen) atoms. The molecule has 1 atom stereocenters. The molecule has 0 bridgehead atoms. The number of allylic oxidation sites excluding steroid dienone is 3. The number of carbonyl (C=O) groups is 2. The van der Waals surface area contributed by atoms with E-state index >= 15 is 0 Å². The minimum absolute atomic E-state index is 0.00150. The highest BCUT2D eigenvalue weighted by Gasteiger charge is 2.46. The molecule has 0 radical (unpaired) electrons. The Bertz CT molecular complexity index is 494. The smallest absolute Gasteiger partial charge is 0.328 e. The monoisotopic (exact) mass is 267 g/mol. The highest BCUT2D eigenvalue weighted by Crippen LogP contribution is 2.44. The maximum absolute atomic E-state index is 11.6.